The Morgan fingerprint density at radius 3 is 0.559 bits per heavy atom. The maximum atomic E-state index is 15.4. The van der Waals surface area contributed by atoms with E-state index >= 15 is 14.4 Å². The lowest BCUT2D eigenvalue weighted by Gasteiger charge is -2.41. The number of hydrogen-bond acceptors (Lipinski definition) is 21. The molecule has 0 saturated heterocycles. The van der Waals surface area contributed by atoms with Crippen molar-refractivity contribution in [3.05, 3.63) is 0 Å². The highest BCUT2D eigenvalue weighted by atomic mass is 127. The summed E-state index contributed by atoms with van der Waals surface area (Å²) in [6, 6.07) is 0. The second kappa shape index (κ2) is 39.6. The summed E-state index contributed by atoms with van der Waals surface area (Å²) in [5, 5.41) is 6.27. The van der Waals surface area contributed by atoms with Gasteiger partial charge in [-0.15, -0.1) is 0 Å². The average molecular weight is 1560 g/mol. The van der Waals surface area contributed by atoms with Gasteiger partial charge in [-0.05, 0) is 269 Å². The molecule has 0 aromatic heterocycles. The standard InChI is InChI=1S/C77H134IN3O21/c1-65(2,3)94-56(85)32-44-75(45-33-57(86)95-66(4,5)6,46-34-58(87)96-67(7,8)9)79-53(82)29-41-74(28,42-30-54(83)80-76(47-35-59(88)97-68(10,11)12,48-36-60(89)98-69(13,14)15)49-37-61(90)99-70(16,17)18)43-31-55(84)81(78)77(50-38-62(91)100-71(19,20)21,51-39-63(92)101-72(22,23)24)52-40-64(93)102-73(25,26)27/h29-52H2,1-28H3,(H,79,82)(H,80,83). The van der Waals surface area contributed by atoms with Crippen LogP contribution in [0.4, 0.5) is 0 Å². The third kappa shape index (κ3) is 47.7. The van der Waals surface area contributed by atoms with E-state index in [0.29, 0.717) is 0 Å². The first kappa shape index (κ1) is 96.4. The maximum Gasteiger partial charge on any atom is 0.306 e. The van der Waals surface area contributed by atoms with Crippen LogP contribution in [0.15, 0.2) is 0 Å². The average Bonchev–Trinajstić information content (AvgIpc) is 0.813. The van der Waals surface area contributed by atoms with E-state index in [1.165, 1.54) is 3.11 Å². The molecule has 0 aromatic carbocycles. The smallest absolute Gasteiger partial charge is 0.306 e. The molecule has 0 radical (unpaired) electrons. The zero-order valence-corrected chi connectivity index (χ0v) is 70.0. The Bertz CT molecular complexity index is 2440. The van der Waals surface area contributed by atoms with Gasteiger partial charge in [0.2, 0.25) is 17.7 Å². The van der Waals surface area contributed by atoms with E-state index in [-0.39, 0.29) is 154 Å². The van der Waals surface area contributed by atoms with Crippen molar-refractivity contribution in [3.8, 4) is 0 Å². The third-order valence-electron chi connectivity index (χ3n) is 15.3. The molecule has 0 fully saturated rings. The first-order chi connectivity index (χ1) is 45.6. The van der Waals surface area contributed by atoms with Gasteiger partial charge in [0, 0.05) is 88.1 Å². The monoisotopic (exact) mass is 1560 g/mol. The highest BCUT2D eigenvalue weighted by Gasteiger charge is 2.44. The van der Waals surface area contributed by atoms with Crippen molar-refractivity contribution in [2.24, 2.45) is 5.41 Å². The van der Waals surface area contributed by atoms with Crippen LogP contribution in [0.1, 0.15) is 348 Å². The fourth-order valence-electron chi connectivity index (χ4n) is 11.1. The van der Waals surface area contributed by atoms with Gasteiger partial charge in [0.25, 0.3) is 0 Å². The summed E-state index contributed by atoms with van der Waals surface area (Å²) in [6.45, 7) is 48.0. The number of carbonyl (C=O) groups excluding carboxylic acids is 12. The number of carbonyl (C=O) groups is 12. The van der Waals surface area contributed by atoms with E-state index in [9.17, 15) is 43.2 Å². The third-order valence-corrected chi connectivity index (χ3v) is 16.9. The Morgan fingerprint density at radius 1 is 0.235 bits per heavy atom. The number of nitrogens with zero attached hydrogens (tertiary/aromatic N) is 1. The van der Waals surface area contributed by atoms with Gasteiger partial charge in [-0.1, -0.05) is 6.92 Å². The molecule has 0 unspecified atom stereocenters. The first-order valence-electron chi connectivity index (χ1n) is 36.2. The fraction of sp³-hybridized carbons (Fsp3) is 0.844. The molecule has 2 N–H and O–H groups in total. The van der Waals surface area contributed by atoms with Crippen molar-refractivity contribution in [2.45, 2.75) is 415 Å². The first-order valence-corrected chi connectivity index (χ1v) is 37.2. The second-order valence-electron chi connectivity index (χ2n) is 36.6. The molecule has 0 aliphatic carbocycles. The number of rotatable bonds is 39. The van der Waals surface area contributed by atoms with Crippen molar-refractivity contribution in [1.29, 1.82) is 0 Å². The molecule has 0 bridgehead atoms. The predicted octanol–water partition coefficient (Wildman–Crippen LogP) is 15.1. The molecular formula is C77H134IN3O21. The van der Waals surface area contributed by atoms with Crippen LogP contribution in [0, 0.1) is 5.41 Å². The highest BCUT2D eigenvalue weighted by molar-refractivity contribution is 14.1. The van der Waals surface area contributed by atoms with Gasteiger partial charge in [0.15, 0.2) is 0 Å². The van der Waals surface area contributed by atoms with Gasteiger partial charge in [-0.25, -0.2) is 0 Å². The number of halogens is 1. The van der Waals surface area contributed by atoms with E-state index in [2.05, 4.69) is 10.6 Å². The second-order valence-corrected chi connectivity index (χ2v) is 37.6. The highest BCUT2D eigenvalue weighted by Crippen LogP contribution is 2.41. The summed E-state index contributed by atoms with van der Waals surface area (Å²) in [6.07, 6.45) is -3.53. The van der Waals surface area contributed by atoms with Crippen LogP contribution in [0.2, 0.25) is 0 Å². The van der Waals surface area contributed by atoms with Crippen LogP contribution >= 0.6 is 22.9 Å². The Labute approximate surface area is 625 Å². The predicted molar refractivity (Wildman–Crippen MR) is 397 cm³/mol. The molecule has 0 aliphatic heterocycles. The Hall–Kier alpha value is -5.63. The number of amides is 3. The number of ether oxygens (including phenoxy) is 9. The van der Waals surface area contributed by atoms with Crippen LogP contribution in [0.25, 0.3) is 0 Å². The van der Waals surface area contributed by atoms with Gasteiger partial charge < -0.3 is 53.3 Å². The molecule has 0 spiro atoms. The van der Waals surface area contributed by atoms with E-state index in [0.717, 1.165) is 0 Å². The Kier molecular flexibility index (Phi) is 37.5. The minimum atomic E-state index is -1.42. The molecule has 0 rings (SSSR count). The summed E-state index contributed by atoms with van der Waals surface area (Å²) in [5.74, 6) is -6.97. The minimum absolute atomic E-state index is 0.00563. The minimum Gasteiger partial charge on any atom is -0.460 e. The van der Waals surface area contributed by atoms with Crippen molar-refractivity contribution in [2.75, 3.05) is 0 Å². The lowest BCUT2D eigenvalue weighted by molar-refractivity contribution is -0.159. The van der Waals surface area contributed by atoms with Crippen LogP contribution < -0.4 is 10.6 Å². The van der Waals surface area contributed by atoms with E-state index in [1.807, 2.05) is 22.9 Å². The van der Waals surface area contributed by atoms with E-state index < -0.39 is 144 Å². The molecule has 24 nitrogen and oxygen atoms in total. The van der Waals surface area contributed by atoms with Gasteiger partial charge in [-0.3, -0.25) is 60.6 Å². The molecule has 0 heterocycles. The molecule has 25 heteroatoms. The summed E-state index contributed by atoms with van der Waals surface area (Å²) < 4.78 is 52.8. The molecule has 0 saturated carbocycles. The summed E-state index contributed by atoms with van der Waals surface area (Å²) in [5.41, 5.74) is -13.3. The number of nitrogens with one attached hydrogen (secondary N) is 2. The molecule has 0 aromatic rings. The summed E-state index contributed by atoms with van der Waals surface area (Å²) in [4.78, 5) is 168. The lowest BCUT2D eigenvalue weighted by Crippen LogP contribution is -2.50. The molecular weight excluding hydrogens is 1430 g/mol. The Balaban J connectivity index is 8.59. The van der Waals surface area contributed by atoms with Crippen molar-refractivity contribution in [1.82, 2.24) is 13.7 Å². The van der Waals surface area contributed by atoms with Gasteiger partial charge >= 0.3 is 53.7 Å². The number of hydrogen-bond donors (Lipinski definition) is 2. The normalized spacial score (nSPS) is 13.2. The van der Waals surface area contributed by atoms with Gasteiger partial charge in [0.1, 0.15) is 50.4 Å². The lowest BCUT2D eigenvalue weighted by atomic mass is 9.76. The van der Waals surface area contributed by atoms with Crippen LogP contribution in [0.5, 0.6) is 0 Å². The molecule has 0 aliphatic rings. The summed E-state index contributed by atoms with van der Waals surface area (Å²) in [7, 11) is 0. The topological polar surface area (TPSA) is 315 Å². The van der Waals surface area contributed by atoms with Crippen molar-refractivity contribution in [3.63, 3.8) is 0 Å². The molecule has 0 atom stereocenters. The maximum absolute atomic E-state index is 15.4. The number of esters is 9. The largest absolute Gasteiger partial charge is 0.460 e. The zero-order valence-electron chi connectivity index (χ0n) is 67.9. The fourth-order valence-corrected chi connectivity index (χ4v) is 12.0. The van der Waals surface area contributed by atoms with E-state index in [4.69, 9.17) is 42.6 Å². The van der Waals surface area contributed by atoms with Crippen molar-refractivity contribution >= 4 is 94.3 Å². The quantitative estimate of drug-likeness (QED) is 0.0250. The zero-order chi connectivity index (χ0) is 79.8. The van der Waals surface area contributed by atoms with Crippen LogP contribution in [0.3, 0.4) is 0 Å². The van der Waals surface area contributed by atoms with Crippen molar-refractivity contribution < 1.29 is 100 Å². The Morgan fingerprint density at radius 2 is 0.392 bits per heavy atom. The van der Waals surface area contributed by atoms with Gasteiger partial charge in [-0.2, -0.15) is 0 Å². The molecule has 3 amide bonds. The van der Waals surface area contributed by atoms with Gasteiger partial charge in [0.05, 0.1) is 28.4 Å². The molecule has 590 valence electrons. The molecule has 102 heavy (non-hydrogen) atoms. The van der Waals surface area contributed by atoms with E-state index in [1.54, 1.807) is 194 Å². The SMILES string of the molecule is CC(CCC(=O)NC(CCC(=O)OC(C)(C)C)(CCC(=O)OC(C)(C)C)CCC(=O)OC(C)(C)C)(CCC(=O)NC(CCC(=O)OC(C)(C)C)(CCC(=O)OC(C)(C)C)CCC(=O)OC(C)(C)C)CCC(=O)N(I)C(CCC(=O)OC(C)(C)C)(CCC(=O)OC(C)(C)C)CCC(=O)OC(C)(C)C. The summed E-state index contributed by atoms with van der Waals surface area (Å²) >= 11 is 1.87. The van der Waals surface area contributed by atoms with Crippen LogP contribution in [-0.2, 0) is 100 Å². The van der Waals surface area contributed by atoms with Crippen LogP contribution in [-0.4, -0.2) is 142 Å².